The van der Waals surface area contributed by atoms with Crippen LogP contribution in [0, 0.1) is 6.92 Å². The molecule has 1 nitrogen and oxygen atoms in total. The molecule has 18 heavy (non-hydrogen) atoms. The zero-order chi connectivity index (χ0) is 13.1. The third-order valence-corrected chi connectivity index (χ3v) is 3.83. The van der Waals surface area contributed by atoms with Gasteiger partial charge in [0.1, 0.15) is 0 Å². The lowest BCUT2D eigenvalue weighted by atomic mass is 10.2. The minimum Gasteiger partial charge on any atom is -0.380 e. The monoisotopic (exact) mass is 343 g/mol. The summed E-state index contributed by atoms with van der Waals surface area (Å²) in [5.41, 5.74) is 3.01. The highest BCUT2D eigenvalue weighted by molar-refractivity contribution is 9.10. The zero-order valence-corrected chi connectivity index (χ0v) is 12.9. The van der Waals surface area contributed by atoms with Crippen molar-refractivity contribution in [2.24, 2.45) is 0 Å². The Kier molecular flexibility index (Phi) is 4.55. The maximum absolute atomic E-state index is 6.17. The van der Waals surface area contributed by atoms with Gasteiger partial charge in [0.15, 0.2) is 0 Å². The summed E-state index contributed by atoms with van der Waals surface area (Å²) in [6.45, 7) is 2.64. The number of rotatable bonds is 3. The van der Waals surface area contributed by atoms with Crippen LogP contribution in [0.1, 0.15) is 11.1 Å². The van der Waals surface area contributed by atoms with E-state index < -0.39 is 0 Å². The number of halogens is 3. The van der Waals surface area contributed by atoms with Crippen LogP contribution in [-0.4, -0.2) is 0 Å². The van der Waals surface area contributed by atoms with Gasteiger partial charge < -0.3 is 5.32 Å². The van der Waals surface area contributed by atoms with E-state index >= 15 is 0 Å². The van der Waals surface area contributed by atoms with Crippen molar-refractivity contribution in [3.63, 3.8) is 0 Å². The van der Waals surface area contributed by atoms with Gasteiger partial charge in [-0.3, -0.25) is 0 Å². The van der Waals surface area contributed by atoms with Gasteiger partial charge in [-0.15, -0.1) is 0 Å². The van der Waals surface area contributed by atoms with E-state index in [0.29, 0.717) is 11.6 Å². The molecular weight excluding hydrogens is 333 g/mol. The van der Waals surface area contributed by atoms with Crippen LogP contribution in [0.4, 0.5) is 5.69 Å². The van der Waals surface area contributed by atoms with E-state index in [1.54, 1.807) is 0 Å². The van der Waals surface area contributed by atoms with E-state index in [-0.39, 0.29) is 0 Å². The van der Waals surface area contributed by atoms with E-state index in [1.807, 2.05) is 31.2 Å². The van der Waals surface area contributed by atoms with Crippen LogP contribution in [0.2, 0.25) is 10.0 Å². The van der Waals surface area contributed by atoms with Gasteiger partial charge in [0.05, 0.1) is 10.7 Å². The average Bonchev–Trinajstić information content (AvgIpc) is 2.32. The van der Waals surface area contributed by atoms with Crippen LogP contribution < -0.4 is 5.32 Å². The minimum absolute atomic E-state index is 0.687. The molecule has 0 radical (unpaired) electrons. The highest BCUT2D eigenvalue weighted by Crippen LogP contribution is 2.29. The van der Waals surface area contributed by atoms with Crippen LogP contribution in [0.3, 0.4) is 0 Å². The van der Waals surface area contributed by atoms with Crippen molar-refractivity contribution >= 4 is 44.8 Å². The summed E-state index contributed by atoms with van der Waals surface area (Å²) in [4.78, 5) is 0. The molecular formula is C14H12BrCl2N. The second kappa shape index (κ2) is 5.96. The summed E-state index contributed by atoms with van der Waals surface area (Å²) in [5, 5.41) is 4.69. The Bertz CT molecular complexity index is 570. The number of aryl methyl sites for hydroxylation is 1. The number of nitrogens with one attached hydrogen (secondary N) is 1. The molecule has 0 unspecified atom stereocenters. The number of benzene rings is 2. The minimum atomic E-state index is 0.687. The van der Waals surface area contributed by atoms with Gasteiger partial charge in [0.2, 0.25) is 0 Å². The highest BCUT2D eigenvalue weighted by atomic mass is 79.9. The fourth-order valence-electron chi connectivity index (χ4n) is 1.63. The van der Waals surface area contributed by atoms with Gasteiger partial charge in [0, 0.05) is 16.0 Å². The fourth-order valence-corrected chi connectivity index (χ4v) is 2.52. The van der Waals surface area contributed by atoms with E-state index in [0.717, 1.165) is 20.7 Å². The zero-order valence-electron chi connectivity index (χ0n) is 9.81. The van der Waals surface area contributed by atoms with Crippen LogP contribution in [0.15, 0.2) is 40.9 Å². The maximum Gasteiger partial charge on any atom is 0.0641 e. The van der Waals surface area contributed by atoms with Gasteiger partial charge in [0.25, 0.3) is 0 Å². The molecule has 0 spiro atoms. The second-order valence-electron chi connectivity index (χ2n) is 4.06. The molecule has 2 aromatic carbocycles. The van der Waals surface area contributed by atoms with Crippen molar-refractivity contribution in [2.75, 3.05) is 5.32 Å². The molecule has 0 heterocycles. The molecule has 0 aliphatic rings. The first-order chi connectivity index (χ1) is 8.56. The topological polar surface area (TPSA) is 12.0 Å². The number of anilines is 1. The standard InChI is InChI=1S/C14H12BrCl2N/c1-9-5-13(17)14(7-12(9)16)18-8-10-3-2-4-11(15)6-10/h2-7,18H,8H2,1H3. The van der Waals surface area contributed by atoms with Crippen LogP contribution >= 0.6 is 39.1 Å². The summed E-state index contributed by atoms with van der Waals surface area (Å²) in [5.74, 6) is 0. The first kappa shape index (κ1) is 13.7. The van der Waals surface area contributed by atoms with Crippen molar-refractivity contribution in [3.05, 3.63) is 62.0 Å². The van der Waals surface area contributed by atoms with Gasteiger partial charge in [-0.2, -0.15) is 0 Å². The average molecular weight is 345 g/mol. The lowest BCUT2D eigenvalue weighted by molar-refractivity contribution is 1.14. The smallest absolute Gasteiger partial charge is 0.0641 e. The highest BCUT2D eigenvalue weighted by Gasteiger charge is 2.04. The van der Waals surface area contributed by atoms with Crippen molar-refractivity contribution < 1.29 is 0 Å². The van der Waals surface area contributed by atoms with E-state index in [4.69, 9.17) is 23.2 Å². The Labute approximate surface area is 125 Å². The molecule has 0 aliphatic carbocycles. The first-order valence-electron chi connectivity index (χ1n) is 5.50. The van der Waals surface area contributed by atoms with Crippen molar-refractivity contribution in [1.29, 1.82) is 0 Å². The van der Waals surface area contributed by atoms with Gasteiger partial charge in [-0.1, -0.05) is 51.3 Å². The Morgan fingerprint density at radius 1 is 1.11 bits per heavy atom. The second-order valence-corrected chi connectivity index (χ2v) is 5.79. The van der Waals surface area contributed by atoms with Crippen LogP contribution in [0.25, 0.3) is 0 Å². The van der Waals surface area contributed by atoms with Crippen molar-refractivity contribution in [1.82, 2.24) is 0 Å². The molecule has 0 aliphatic heterocycles. The summed E-state index contributed by atoms with van der Waals surface area (Å²) in [6.07, 6.45) is 0. The van der Waals surface area contributed by atoms with E-state index in [1.165, 1.54) is 5.56 Å². The van der Waals surface area contributed by atoms with Gasteiger partial charge >= 0.3 is 0 Å². The van der Waals surface area contributed by atoms with Gasteiger partial charge in [-0.05, 0) is 42.3 Å². The first-order valence-corrected chi connectivity index (χ1v) is 7.05. The molecule has 0 atom stereocenters. The molecule has 4 heteroatoms. The predicted octanol–water partition coefficient (Wildman–Crippen LogP) is 5.68. The summed E-state index contributed by atoms with van der Waals surface area (Å²) in [6, 6.07) is 11.9. The molecule has 0 saturated carbocycles. The normalized spacial score (nSPS) is 10.4. The Morgan fingerprint density at radius 2 is 1.89 bits per heavy atom. The van der Waals surface area contributed by atoms with Crippen molar-refractivity contribution in [3.8, 4) is 0 Å². The predicted molar refractivity (Wildman–Crippen MR) is 82.7 cm³/mol. The van der Waals surface area contributed by atoms with Crippen LogP contribution in [0.5, 0.6) is 0 Å². The maximum atomic E-state index is 6.17. The molecule has 0 amide bonds. The Morgan fingerprint density at radius 3 is 2.61 bits per heavy atom. The molecule has 94 valence electrons. The molecule has 1 N–H and O–H groups in total. The van der Waals surface area contributed by atoms with E-state index in [2.05, 4.69) is 33.4 Å². The van der Waals surface area contributed by atoms with E-state index in [9.17, 15) is 0 Å². The number of hydrogen-bond acceptors (Lipinski definition) is 1. The molecule has 0 fully saturated rings. The quantitative estimate of drug-likeness (QED) is 0.755. The van der Waals surface area contributed by atoms with Crippen molar-refractivity contribution in [2.45, 2.75) is 13.5 Å². The Hall–Kier alpha value is -0.700. The molecule has 2 rings (SSSR count). The lowest BCUT2D eigenvalue weighted by Crippen LogP contribution is -2.00. The van der Waals surface area contributed by atoms with Gasteiger partial charge in [-0.25, -0.2) is 0 Å². The third kappa shape index (κ3) is 3.41. The number of hydrogen-bond donors (Lipinski definition) is 1. The van der Waals surface area contributed by atoms with Crippen LogP contribution in [-0.2, 0) is 6.54 Å². The SMILES string of the molecule is Cc1cc(Cl)c(NCc2cccc(Br)c2)cc1Cl. The Balaban J connectivity index is 2.13. The largest absolute Gasteiger partial charge is 0.380 e. The third-order valence-electron chi connectivity index (χ3n) is 2.62. The lowest BCUT2D eigenvalue weighted by Gasteiger charge is -2.10. The summed E-state index contributed by atoms with van der Waals surface area (Å²) < 4.78 is 1.06. The molecule has 0 saturated heterocycles. The molecule has 0 aromatic heterocycles. The molecule has 2 aromatic rings. The fraction of sp³-hybridized carbons (Fsp3) is 0.143. The summed E-state index contributed by atoms with van der Waals surface area (Å²) >= 11 is 15.7. The summed E-state index contributed by atoms with van der Waals surface area (Å²) in [7, 11) is 0. The molecule has 0 bridgehead atoms.